The van der Waals surface area contributed by atoms with Crippen LogP contribution in [0.1, 0.15) is 31.2 Å². The molecule has 0 atom stereocenters. The third kappa shape index (κ3) is 3.99. The maximum atomic E-state index is 12.7. The molecular weight excluding hydrogens is 320 g/mol. The molecule has 0 bridgehead atoms. The van der Waals surface area contributed by atoms with Crippen LogP contribution in [0, 0.1) is 0 Å². The molecule has 1 amide bonds. The predicted octanol–water partition coefficient (Wildman–Crippen LogP) is 3.98. The van der Waals surface area contributed by atoms with Crippen molar-refractivity contribution in [2.45, 2.75) is 38.1 Å². The number of benzene rings is 2. The van der Waals surface area contributed by atoms with Crippen LogP contribution in [-0.4, -0.2) is 47.9 Å². The first-order chi connectivity index (χ1) is 12.8. The molecule has 26 heavy (non-hydrogen) atoms. The average Bonchev–Trinajstić information content (AvgIpc) is 3.24. The first-order valence-electron chi connectivity index (χ1n) is 9.96. The van der Waals surface area contributed by atoms with Crippen molar-refractivity contribution in [2.24, 2.45) is 0 Å². The monoisotopic (exact) mass is 348 g/mol. The van der Waals surface area contributed by atoms with Crippen molar-refractivity contribution in [2.75, 3.05) is 26.2 Å². The van der Waals surface area contributed by atoms with Gasteiger partial charge in [0.05, 0.1) is 6.42 Å². The summed E-state index contributed by atoms with van der Waals surface area (Å²) in [6.45, 7) is 4.35. The van der Waals surface area contributed by atoms with Crippen molar-refractivity contribution in [3.05, 3.63) is 60.2 Å². The standard InChI is InChI=1S/C23H28N2O/c26-23(25-16-12-22(13-17-25)24-14-4-5-15-24)18-19-8-10-21(11-9-19)20-6-2-1-3-7-20/h1-3,6-11,22H,4-5,12-18H2. The smallest absolute Gasteiger partial charge is 0.226 e. The first-order valence-corrected chi connectivity index (χ1v) is 9.96. The Morgan fingerprint density at radius 2 is 1.42 bits per heavy atom. The summed E-state index contributed by atoms with van der Waals surface area (Å²) in [5.41, 5.74) is 3.53. The second kappa shape index (κ2) is 8.05. The number of carbonyl (C=O) groups excluding carboxylic acids is 1. The number of likely N-dealkylation sites (tertiary alicyclic amines) is 2. The van der Waals surface area contributed by atoms with Gasteiger partial charge in [0, 0.05) is 19.1 Å². The van der Waals surface area contributed by atoms with E-state index >= 15 is 0 Å². The van der Waals surface area contributed by atoms with Crippen molar-refractivity contribution in [1.29, 1.82) is 0 Å². The Morgan fingerprint density at radius 3 is 2.08 bits per heavy atom. The number of nitrogens with zero attached hydrogens (tertiary/aromatic N) is 2. The molecule has 2 aliphatic heterocycles. The van der Waals surface area contributed by atoms with Gasteiger partial charge in [-0.1, -0.05) is 54.6 Å². The Balaban J connectivity index is 1.31. The highest BCUT2D eigenvalue weighted by Gasteiger charge is 2.28. The minimum absolute atomic E-state index is 0.275. The van der Waals surface area contributed by atoms with Crippen LogP contribution in [-0.2, 0) is 11.2 Å². The highest BCUT2D eigenvalue weighted by atomic mass is 16.2. The van der Waals surface area contributed by atoms with Gasteiger partial charge >= 0.3 is 0 Å². The van der Waals surface area contributed by atoms with Crippen LogP contribution >= 0.6 is 0 Å². The average molecular weight is 348 g/mol. The quantitative estimate of drug-likeness (QED) is 0.834. The van der Waals surface area contributed by atoms with E-state index in [4.69, 9.17) is 0 Å². The van der Waals surface area contributed by atoms with Crippen LogP contribution in [0.15, 0.2) is 54.6 Å². The predicted molar refractivity (Wildman–Crippen MR) is 106 cm³/mol. The fourth-order valence-electron chi connectivity index (χ4n) is 4.32. The maximum absolute atomic E-state index is 12.7. The van der Waals surface area contributed by atoms with Gasteiger partial charge in [0.15, 0.2) is 0 Å². The van der Waals surface area contributed by atoms with Gasteiger partial charge in [-0.15, -0.1) is 0 Å². The van der Waals surface area contributed by atoms with Crippen LogP contribution < -0.4 is 0 Å². The fraction of sp³-hybridized carbons (Fsp3) is 0.435. The van der Waals surface area contributed by atoms with Crippen LogP contribution in [0.2, 0.25) is 0 Å². The molecule has 3 nitrogen and oxygen atoms in total. The van der Waals surface area contributed by atoms with Gasteiger partial charge in [0.25, 0.3) is 0 Å². The van der Waals surface area contributed by atoms with Gasteiger partial charge in [-0.25, -0.2) is 0 Å². The minimum Gasteiger partial charge on any atom is -0.342 e. The van der Waals surface area contributed by atoms with Gasteiger partial charge in [-0.3, -0.25) is 4.79 Å². The van der Waals surface area contributed by atoms with Crippen LogP contribution in [0.4, 0.5) is 0 Å². The Bertz CT molecular complexity index is 712. The van der Waals surface area contributed by atoms with Crippen LogP contribution in [0.25, 0.3) is 11.1 Å². The zero-order valence-corrected chi connectivity index (χ0v) is 15.4. The lowest BCUT2D eigenvalue weighted by molar-refractivity contribution is -0.132. The summed E-state index contributed by atoms with van der Waals surface area (Å²) in [6.07, 6.45) is 5.48. The molecule has 0 spiro atoms. The summed E-state index contributed by atoms with van der Waals surface area (Å²) in [4.78, 5) is 17.4. The van der Waals surface area contributed by atoms with E-state index in [0.29, 0.717) is 12.5 Å². The summed E-state index contributed by atoms with van der Waals surface area (Å²) in [7, 11) is 0. The number of amides is 1. The second-order valence-electron chi connectivity index (χ2n) is 7.59. The maximum Gasteiger partial charge on any atom is 0.226 e. The Morgan fingerprint density at radius 1 is 0.808 bits per heavy atom. The first kappa shape index (κ1) is 17.3. The molecule has 2 aromatic rings. The van der Waals surface area contributed by atoms with E-state index in [1.54, 1.807) is 0 Å². The molecule has 0 saturated carbocycles. The topological polar surface area (TPSA) is 23.6 Å². The van der Waals surface area contributed by atoms with Crippen molar-refractivity contribution < 1.29 is 4.79 Å². The molecule has 2 heterocycles. The van der Waals surface area contributed by atoms with Gasteiger partial charge in [-0.05, 0) is 55.5 Å². The van der Waals surface area contributed by atoms with Gasteiger partial charge < -0.3 is 9.80 Å². The van der Waals surface area contributed by atoms with E-state index in [1.165, 1.54) is 37.1 Å². The Labute approximate surface area is 156 Å². The number of carbonyl (C=O) groups is 1. The molecular formula is C23H28N2O. The number of hydrogen-bond acceptors (Lipinski definition) is 2. The zero-order chi connectivity index (χ0) is 17.8. The molecule has 0 unspecified atom stereocenters. The van der Waals surface area contributed by atoms with Crippen molar-refractivity contribution in [1.82, 2.24) is 9.80 Å². The molecule has 2 saturated heterocycles. The SMILES string of the molecule is O=C(Cc1ccc(-c2ccccc2)cc1)N1CCC(N2CCCC2)CC1. The molecule has 2 aromatic carbocycles. The summed E-state index contributed by atoms with van der Waals surface area (Å²) >= 11 is 0. The van der Waals surface area contributed by atoms with Crippen LogP contribution in [0.3, 0.4) is 0 Å². The highest BCUT2D eigenvalue weighted by Crippen LogP contribution is 2.22. The summed E-state index contributed by atoms with van der Waals surface area (Å²) in [5, 5.41) is 0. The molecule has 3 heteroatoms. The van der Waals surface area contributed by atoms with E-state index in [0.717, 1.165) is 31.5 Å². The zero-order valence-electron chi connectivity index (χ0n) is 15.4. The highest BCUT2D eigenvalue weighted by molar-refractivity contribution is 5.79. The van der Waals surface area contributed by atoms with E-state index in [1.807, 2.05) is 6.07 Å². The lowest BCUT2D eigenvalue weighted by Gasteiger charge is -2.36. The van der Waals surface area contributed by atoms with E-state index < -0.39 is 0 Å². The molecule has 2 fully saturated rings. The summed E-state index contributed by atoms with van der Waals surface area (Å²) in [5.74, 6) is 0.275. The normalized spacial score (nSPS) is 19.0. The third-order valence-corrected chi connectivity index (χ3v) is 5.89. The van der Waals surface area contributed by atoms with Crippen molar-refractivity contribution >= 4 is 5.91 Å². The molecule has 0 aromatic heterocycles. The van der Waals surface area contributed by atoms with E-state index in [2.05, 4.69) is 58.3 Å². The lowest BCUT2D eigenvalue weighted by atomic mass is 10.0. The van der Waals surface area contributed by atoms with Gasteiger partial charge in [0.2, 0.25) is 5.91 Å². The Hall–Kier alpha value is -2.13. The molecule has 0 aliphatic carbocycles. The fourth-order valence-corrected chi connectivity index (χ4v) is 4.32. The Kier molecular flexibility index (Phi) is 5.35. The summed E-state index contributed by atoms with van der Waals surface area (Å²) < 4.78 is 0. The second-order valence-corrected chi connectivity index (χ2v) is 7.59. The summed E-state index contributed by atoms with van der Waals surface area (Å²) in [6, 6.07) is 19.5. The van der Waals surface area contributed by atoms with E-state index in [-0.39, 0.29) is 5.91 Å². The van der Waals surface area contributed by atoms with Crippen molar-refractivity contribution in [3.63, 3.8) is 0 Å². The molecule has 2 aliphatic rings. The minimum atomic E-state index is 0.275. The molecule has 0 radical (unpaired) electrons. The third-order valence-electron chi connectivity index (χ3n) is 5.89. The van der Waals surface area contributed by atoms with E-state index in [9.17, 15) is 4.79 Å². The lowest BCUT2D eigenvalue weighted by Crippen LogP contribution is -2.46. The van der Waals surface area contributed by atoms with Crippen LogP contribution in [0.5, 0.6) is 0 Å². The van der Waals surface area contributed by atoms with Gasteiger partial charge in [-0.2, -0.15) is 0 Å². The van der Waals surface area contributed by atoms with Crippen molar-refractivity contribution in [3.8, 4) is 11.1 Å². The largest absolute Gasteiger partial charge is 0.342 e. The van der Waals surface area contributed by atoms with Gasteiger partial charge in [0.1, 0.15) is 0 Å². The number of piperidine rings is 1. The molecule has 0 N–H and O–H groups in total. The molecule has 4 rings (SSSR count). The number of hydrogen-bond donors (Lipinski definition) is 0. The molecule has 136 valence electrons. The number of rotatable bonds is 4.